The van der Waals surface area contributed by atoms with Crippen molar-refractivity contribution in [2.45, 2.75) is 25.2 Å². The van der Waals surface area contributed by atoms with E-state index >= 15 is 0 Å². The molecule has 1 saturated heterocycles. The highest BCUT2D eigenvalue weighted by Crippen LogP contribution is 2.23. The standard InChI is InChI=1S/C14H19NOS/c1-10-7-8-15(9-11(10)2)14(16)12-3-5-13(17)6-4-12/h3-6,10-11,17H,7-9H2,1-2H3. The lowest BCUT2D eigenvalue weighted by atomic mass is 9.88. The van der Waals surface area contributed by atoms with Crippen LogP contribution in [-0.2, 0) is 0 Å². The summed E-state index contributed by atoms with van der Waals surface area (Å²) in [6.45, 7) is 6.25. The Labute approximate surface area is 108 Å². The Morgan fingerprint density at radius 1 is 1.24 bits per heavy atom. The molecule has 1 aliphatic rings. The van der Waals surface area contributed by atoms with E-state index in [1.807, 2.05) is 29.2 Å². The van der Waals surface area contributed by atoms with Crippen LogP contribution in [-0.4, -0.2) is 23.9 Å². The molecule has 1 aliphatic heterocycles. The van der Waals surface area contributed by atoms with Crippen LogP contribution in [0.3, 0.4) is 0 Å². The lowest BCUT2D eigenvalue weighted by molar-refractivity contribution is 0.0627. The first-order valence-electron chi connectivity index (χ1n) is 6.16. The van der Waals surface area contributed by atoms with E-state index in [1.54, 1.807) is 0 Å². The van der Waals surface area contributed by atoms with Gasteiger partial charge in [-0.25, -0.2) is 0 Å². The minimum atomic E-state index is 0.150. The van der Waals surface area contributed by atoms with Crippen molar-refractivity contribution in [3.05, 3.63) is 29.8 Å². The number of rotatable bonds is 1. The Morgan fingerprint density at radius 3 is 2.47 bits per heavy atom. The number of likely N-dealkylation sites (tertiary alicyclic amines) is 1. The molecule has 2 unspecified atom stereocenters. The number of carbonyl (C=O) groups is 1. The van der Waals surface area contributed by atoms with Gasteiger partial charge in [-0.2, -0.15) is 0 Å². The van der Waals surface area contributed by atoms with E-state index in [4.69, 9.17) is 0 Å². The average Bonchev–Trinajstić information content (AvgIpc) is 2.33. The van der Waals surface area contributed by atoms with Gasteiger partial charge in [0.25, 0.3) is 5.91 Å². The number of nitrogens with zero attached hydrogens (tertiary/aromatic N) is 1. The van der Waals surface area contributed by atoms with Crippen molar-refractivity contribution in [3.8, 4) is 0 Å². The van der Waals surface area contributed by atoms with Crippen LogP contribution in [0.4, 0.5) is 0 Å². The van der Waals surface area contributed by atoms with Crippen molar-refractivity contribution in [2.75, 3.05) is 13.1 Å². The SMILES string of the molecule is CC1CCN(C(=O)c2ccc(S)cc2)CC1C. The summed E-state index contributed by atoms with van der Waals surface area (Å²) in [7, 11) is 0. The summed E-state index contributed by atoms with van der Waals surface area (Å²) in [5.74, 6) is 1.47. The number of benzene rings is 1. The number of carbonyl (C=O) groups excluding carboxylic acids is 1. The highest BCUT2D eigenvalue weighted by atomic mass is 32.1. The van der Waals surface area contributed by atoms with E-state index in [0.717, 1.165) is 35.9 Å². The van der Waals surface area contributed by atoms with E-state index in [1.165, 1.54) is 0 Å². The van der Waals surface area contributed by atoms with Crippen molar-refractivity contribution in [3.63, 3.8) is 0 Å². The Balaban J connectivity index is 2.08. The quantitative estimate of drug-likeness (QED) is 0.758. The van der Waals surface area contributed by atoms with Gasteiger partial charge in [0, 0.05) is 23.5 Å². The van der Waals surface area contributed by atoms with Crippen LogP contribution in [0.15, 0.2) is 29.2 Å². The van der Waals surface area contributed by atoms with Gasteiger partial charge in [-0.15, -0.1) is 12.6 Å². The summed E-state index contributed by atoms with van der Waals surface area (Å²) in [5, 5.41) is 0. The van der Waals surface area contributed by atoms with Gasteiger partial charge in [0.2, 0.25) is 0 Å². The Morgan fingerprint density at radius 2 is 1.88 bits per heavy atom. The molecular weight excluding hydrogens is 230 g/mol. The molecule has 0 aromatic heterocycles. The largest absolute Gasteiger partial charge is 0.338 e. The van der Waals surface area contributed by atoms with E-state index in [-0.39, 0.29) is 5.91 Å². The predicted octanol–water partition coefficient (Wildman–Crippen LogP) is 3.09. The number of hydrogen-bond donors (Lipinski definition) is 1. The topological polar surface area (TPSA) is 20.3 Å². The molecule has 1 aromatic rings. The van der Waals surface area contributed by atoms with E-state index in [2.05, 4.69) is 26.5 Å². The molecule has 0 radical (unpaired) electrons. The highest BCUT2D eigenvalue weighted by Gasteiger charge is 2.26. The monoisotopic (exact) mass is 249 g/mol. The summed E-state index contributed by atoms with van der Waals surface area (Å²) in [5.41, 5.74) is 0.768. The Hall–Kier alpha value is -0.960. The van der Waals surface area contributed by atoms with Crippen molar-refractivity contribution in [1.29, 1.82) is 0 Å². The fraction of sp³-hybridized carbons (Fsp3) is 0.500. The molecule has 1 heterocycles. The third kappa shape index (κ3) is 2.83. The van der Waals surface area contributed by atoms with Crippen LogP contribution in [0.5, 0.6) is 0 Å². The molecule has 92 valence electrons. The minimum Gasteiger partial charge on any atom is -0.338 e. The average molecular weight is 249 g/mol. The first kappa shape index (κ1) is 12.5. The molecule has 1 fully saturated rings. The second-order valence-electron chi connectivity index (χ2n) is 5.04. The number of hydrogen-bond acceptors (Lipinski definition) is 2. The zero-order chi connectivity index (χ0) is 12.4. The molecule has 2 atom stereocenters. The first-order chi connectivity index (χ1) is 8.08. The zero-order valence-electron chi connectivity index (χ0n) is 10.4. The summed E-state index contributed by atoms with van der Waals surface area (Å²) in [4.78, 5) is 15.1. The van der Waals surface area contributed by atoms with Crippen LogP contribution >= 0.6 is 12.6 Å². The maximum Gasteiger partial charge on any atom is 0.253 e. The third-order valence-electron chi connectivity index (χ3n) is 3.74. The van der Waals surface area contributed by atoms with Crippen molar-refractivity contribution < 1.29 is 4.79 Å². The molecule has 1 amide bonds. The molecule has 2 nitrogen and oxygen atoms in total. The zero-order valence-corrected chi connectivity index (χ0v) is 11.3. The number of thiol groups is 1. The summed E-state index contributed by atoms with van der Waals surface area (Å²) in [6.07, 6.45) is 1.11. The van der Waals surface area contributed by atoms with Gasteiger partial charge in [0.05, 0.1) is 0 Å². The molecule has 0 saturated carbocycles. The van der Waals surface area contributed by atoms with Crippen LogP contribution in [0.1, 0.15) is 30.6 Å². The van der Waals surface area contributed by atoms with Gasteiger partial charge in [-0.05, 0) is 42.5 Å². The van der Waals surface area contributed by atoms with Crippen LogP contribution in [0, 0.1) is 11.8 Å². The van der Waals surface area contributed by atoms with Gasteiger partial charge >= 0.3 is 0 Å². The molecule has 0 aliphatic carbocycles. The second-order valence-corrected chi connectivity index (χ2v) is 5.56. The van der Waals surface area contributed by atoms with Gasteiger partial charge in [0.15, 0.2) is 0 Å². The highest BCUT2D eigenvalue weighted by molar-refractivity contribution is 7.80. The Kier molecular flexibility index (Phi) is 3.77. The predicted molar refractivity (Wildman–Crippen MR) is 72.5 cm³/mol. The fourth-order valence-electron chi connectivity index (χ4n) is 2.23. The minimum absolute atomic E-state index is 0.150. The summed E-state index contributed by atoms with van der Waals surface area (Å²) in [6, 6.07) is 7.44. The van der Waals surface area contributed by atoms with Gasteiger partial charge in [-0.1, -0.05) is 13.8 Å². The lowest BCUT2D eigenvalue weighted by Crippen LogP contribution is -2.42. The first-order valence-corrected chi connectivity index (χ1v) is 6.61. The molecule has 1 aromatic carbocycles. The number of amides is 1. The van der Waals surface area contributed by atoms with Crippen LogP contribution in [0.25, 0.3) is 0 Å². The third-order valence-corrected chi connectivity index (χ3v) is 4.03. The molecule has 3 heteroatoms. The van der Waals surface area contributed by atoms with Crippen LogP contribution in [0.2, 0.25) is 0 Å². The Bertz CT molecular complexity index is 401. The smallest absolute Gasteiger partial charge is 0.253 e. The summed E-state index contributed by atoms with van der Waals surface area (Å²) >= 11 is 4.23. The molecule has 0 bridgehead atoms. The molecule has 0 spiro atoms. The normalized spacial score (nSPS) is 24.8. The van der Waals surface area contributed by atoms with Gasteiger partial charge in [0.1, 0.15) is 0 Å². The van der Waals surface area contributed by atoms with E-state index in [0.29, 0.717) is 5.92 Å². The molecule has 2 rings (SSSR count). The van der Waals surface area contributed by atoms with Gasteiger partial charge in [-0.3, -0.25) is 4.79 Å². The maximum atomic E-state index is 12.3. The maximum absolute atomic E-state index is 12.3. The van der Waals surface area contributed by atoms with Crippen molar-refractivity contribution in [1.82, 2.24) is 4.90 Å². The van der Waals surface area contributed by atoms with Crippen molar-refractivity contribution in [2.24, 2.45) is 11.8 Å². The van der Waals surface area contributed by atoms with Crippen LogP contribution < -0.4 is 0 Å². The lowest BCUT2D eigenvalue weighted by Gasteiger charge is -2.35. The fourth-order valence-corrected chi connectivity index (χ4v) is 2.38. The second kappa shape index (κ2) is 5.13. The molecule has 17 heavy (non-hydrogen) atoms. The molecular formula is C14H19NOS. The van der Waals surface area contributed by atoms with Gasteiger partial charge < -0.3 is 4.90 Å². The van der Waals surface area contributed by atoms with E-state index < -0.39 is 0 Å². The van der Waals surface area contributed by atoms with E-state index in [9.17, 15) is 4.79 Å². The molecule has 0 N–H and O–H groups in total. The van der Waals surface area contributed by atoms with Crippen molar-refractivity contribution >= 4 is 18.5 Å². The number of piperidine rings is 1. The summed E-state index contributed by atoms with van der Waals surface area (Å²) < 4.78 is 0.